The molecule has 3 heterocycles. The number of carbonyl (C=O) groups is 1. The Bertz CT molecular complexity index is 1080. The first-order valence-electron chi connectivity index (χ1n) is 9.50. The fraction of sp³-hybridized carbons (Fsp3) is 0.250. The van der Waals surface area contributed by atoms with Crippen LogP contribution in [-0.4, -0.2) is 47.9 Å². The van der Waals surface area contributed by atoms with Crippen LogP contribution in [0.5, 0.6) is 0 Å². The maximum absolute atomic E-state index is 11.9. The summed E-state index contributed by atoms with van der Waals surface area (Å²) >= 11 is 0. The van der Waals surface area contributed by atoms with Crippen molar-refractivity contribution in [3.8, 4) is 22.8 Å². The van der Waals surface area contributed by atoms with Crippen molar-refractivity contribution in [1.82, 2.24) is 35.3 Å². The summed E-state index contributed by atoms with van der Waals surface area (Å²) in [7, 11) is 0. The Balaban J connectivity index is 1.16. The lowest BCUT2D eigenvalue weighted by Crippen LogP contribution is -2.10. The second kappa shape index (κ2) is 9.50. The highest BCUT2D eigenvalue weighted by Crippen LogP contribution is 2.14. The zero-order valence-corrected chi connectivity index (χ0v) is 16.1. The van der Waals surface area contributed by atoms with Crippen molar-refractivity contribution < 1.29 is 14.1 Å². The Morgan fingerprint density at radius 2 is 1.93 bits per heavy atom. The zero-order chi connectivity index (χ0) is 20.6. The third kappa shape index (κ3) is 5.10. The maximum Gasteiger partial charge on any atom is 0.306 e. The number of hydrogen-bond donors (Lipinski definition) is 0. The molecule has 0 aliphatic carbocycles. The maximum atomic E-state index is 11.9. The van der Waals surface area contributed by atoms with Crippen molar-refractivity contribution in [2.45, 2.75) is 25.8 Å². The second-order valence-corrected chi connectivity index (χ2v) is 6.40. The molecular weight excluding hydrogens is 386 g/mol. The summed E-state index contributed by atoms with van der Waals surface area (Å²) in [5.74, 6) is 1.07. The topological polar surface area (TPSA) is 122 Å². The van der Waals surface area contributed by atoms with E-state index in [9.17, 15) is 4.79 Å². The van der Waals surface area contributed by atoms with E-state index < -0.39 is 0 Å². The third-order valence-electron chi connectivity index (χ3n) is 4.18. The van der Waals surface area contributed by atoms with E-state index in [1.807, 2.05) is 36.4 Å². The molecule has 4 aromatic rings. The Morgan fingerprint density at radius 3 is 2.77 bits per heavy atom. The van der Waals surface area contributed by atoms with Gasteiger partial charge in [0.05, 0.1) is 19.6 Å². The predicted molar refractivity (Wildman–Crippen MR) is 105 cm³/mol. The van der Waals surface area contributed by atoms with Gasteiger partial charge >= 0.3 is 5.97 Å². The van der Waals surface area contributed by atoms with Gasteiger partial charge in [0.1, 0.15) is 0 Å². The Kier molecular flexibility index (Phi) is 6.13. The van der Waals surface area contributed by atoms with E-state index in [1.54, 1.807) is 18.5 Å². The Labute approximate surface area is 171 Å². The highest BCUT2D eigenvalue weighted by atomic mass is 16.5. The van der Waals surface area contributed by atoms with Crippen LogP contribution in [0.15, 0.2) is 59.4 Å². The largest absolute Gasteiger partial charge is 0.466 e. The number of benzene rings is 1. The van der Waals surface area contributed by atoms with Crippen LogP contribution in [0.2, 0.25) is 0 Å². The first kappa shape index (κ1) is 19.4. The van der Waals surface area contributed by atoms with Crippen molar-refractivity contribution >= 4 is 5.97 Å². The first-order valence-corrected chi connectivity index (χ1v) is 9.50. The van der Waals surface area contributed by atoms with E-state index in [0.717, 1.165) is 11.1 Å². The van der Waals surface area contributed by atoms with Crippen molar-refractivity contribution in [2.75, 3.05) is 6.61 Å². The highest BCUT2D eigenvalue weighted by molar-refractivity contribution is 5.69. The van der Waals surface area contributed by atoms with Gasteiger partial charge in [-0.3, -0.25) is 9.78 Å². The lowest BCUT2D eigenvalue weighted by molar-refractivity contribution is -0.143. The number of pyridine rings is 1. The lowest BCUT2D eigenvalue weighted by Gasteiger charge is -2.03. The molecule has 0 amide bonds. The molecule has 0 aliphatic rings. The number of tetrazole rings is 1. The van der Waals surface area contributed by atoms with E-state index in [4.69, 9.17) is 9.26 Å². The van der Waals surface area contributed by atoms with Crippen molar-refractivity contribution in [2.24, 2.45) is 0 Å². The molecule has 0 N–H and O–H groups in total. The van der Waals surface area contributed by atoms with E-state index >= 15 is 0 Å². The minimum absolute atomic E-state index is 0.161. The van der Waals surface area contributed by atoms with Crippen LogP contribution < -0.4 is 0 Å². The summed E-state index contributed by atoms with van der Waals surface area (Å²) in [6, 6.07) is 13.2. The standard InChI is InChI=1S/C20H19N7O3/c28-18(10-9-17-22-19(25-30-17)16-8-4-11-21-14-16)29-13-5-12-27-24-20(23-26-27)15-6-2-1-3-7-15/h1-4,6-8,11,14H,5,9-10,12-13H2. The summed E-state index contributed by atoms with van der Waals surface area (Å²) in [5, 5.41) is 16.3. The minimum atomic E-state index is -0.326. The SMILES string of the molecule is O=C(CCc1nc(-c2cccnc2)no1)OCCCn1nnc(-c2ccccc2)n1. The quantitative estimate of drug-likeness (QED) is 0.305. The normalized spacial score (nSPS) is 10.8. The average Bonchev–Trinajstić information content (AvgIpc) is 3.46. The smallest absolute Gasteiger partial charge is 0.306 e. The number of esters is 1. The number of nitrogens with zero attached hydrogens (tertiary/aromatic N) is 7. The first-order chi connectivity index (χ1) is 14.8. The lowest BCUT2D eigenvalue weighted by atomic mass is 10.2. The summed E-state index contributed by atoms with van der Waals surface area (Å²) in [6.45, 7) is 0.775. The van der Waals surface area contributed by atoms with E-state index in [1.165, 1.54) is 4.80 Å². The van der Waals surface area contributed by atoms with Crippen LogP contribution >= 0.6 is 0 Å². The molecule has 0 bridgehead atoms. The van der Waals surface area contributed by atoms with Crippen LogP contribution in [0.3, 0.4) is 0 Å². The van der Waals surface area contributed by atoms with Crippen LogP contribution in [0, 0.1) is 0 Å². The van der Waals surface area contributed by atoms with Gasteiger partial charge in [-0.2, -0.15) is 9.78 Å². The molecular formula is C20H19N7O3. The number of aromatic nitrogens is 7. The molecule has 0 unspecified atom stereocenters. The molecule has 0 atom stereocenters. The Morgan fingerprint density at radius 1 is 1.07 bits per heavy atom. The molecule has 10 heteroatoms. The molecule has 0 fully saturated rings. The number of carbonyl (C=O) groups excluding carboxylic acids is 1. The Hall–Kier alpha value is -3.95. The fourth-order valence-corrected chi connectivity index (χ4v) is 2.68. The molecule has 152 valence electrons. The van der Waals surface area contributed by atoms with Crippen molar-refractivity contribution in [1.29, 1.82) is 0 Å². The minimum Gasteiger partial charge on any atom is -0.466 e. The molecule has 0 spiro atoms. The molecule has 1 aromatic carbocycles. The number of aryl methyl sites for hydroxylation is 2. The van der Waals surface area contributed by atoms with Gasteiger partial charge in [-0.05, 0) is 17.3 Å². The fourth-order valence-electron chi connectivity index (χ4n) is 2.68. The molecule has 30 heavy (non-hydrogen) atoms. The van der Waals surface area contributed by atoms with Crippen LogP contribution in [0.1, 0.15) is 18.7 Å². The van der Waals surface area contributed by atoms with Crippen molar-refractivity contribution in [3.05, 3.63) is 60.7 Å². The van der Waals surface area contributed by atoms with E-state index in [2.05, 4.69) is 30.5 Å². The predicted octanol–water partition coefficient (Wildman–Crippen LogP) is 2.35. The number of rotatable bonds is 9. The van der Waals surface area contributed by atoms with Gasteiger partial charge in [0.2, 0.25) is 17.5 Å². The molecule has 0 saturated carbocycles. The van der Waals surface area contributed by atoms with Gasteiger partial charge < -0.3 is 9.26 Å². The summed E-state index contributed by atoms with van der Waals surface area (Å²) < 4.78 is 10.4. The van der Waals surface area contributed by atoms with Gasteiger partial charge in [0.25, 0.3) is 0 Å². The molecule has 0 radical (unpaired) electrons. The molecule has 10 nitrogen and oxygen atoms in total. The zero-order valence-electron chi connectivity index (χ0n) is 16.1. The highest BCUT2D eigenvalue weighted by Gasteiger charge is 2.11. The van der Waals surface area contributed by atoms with Gasteiger partial charge in [-0.25, -0.2) is 0 Å². The van der Waals surface area contributed by atoms with Gasteiger partial charge in [0.15, 0.2) is 0 Å². The number of hydrogen-bond acceptors (Lipinski definition) is 9. The van der Waals surface area contributed by atoms with E-state index in [0.29, 0.717) is 36.9 Å². The molecule has 4 rings (SSSR count). The molecule has 3 aromatic heterocycles. The monoisotopic (exact) mass is 405 g/mol. The summed E-state index contributed by atoms with van der Waals surface area (Å²) in [4.78, 5) is 21.7. The van der Waals surface area contributed by atoms with Gasteiger partial charge in [-0.1, -0.05) is 35.5 Å². The molecule has 0 saturated heterocycles. The number of ether oxygens (including phenoxy) is 1. The van der Waals surface area contributed by atoms with Gasteiger partial charge in [0, 0.05) is 36.4 Å². The van der Waals surface area contributed by atoms with Crippen molar-refractivity contribution in [3.63, 3.8) is 0 Å². The summed E-state index contributed by atoms with van der Waals surface area (Å²) in [6.07, 6.45) is 4.38. The average molecular weight is 405 g/mol. The second-order valence-electron chi connectivity index (χ2n) is 6.40. The van der Waals surface area contributed by atoms with Crippen LogP contribution in [0.25, 0.3) is 22.8 Å². The molecule has 0 aliphatic heterocycles. The summed E-state index contributed by atoms with van der Waals surface area (Å²) in [5.41, 5.74) is 1.66. The van der Waals surface area contributed by atoms with Gasteiger partial charge in [-0.15, -0.1) is 10.2 Å². The van der Waals surface area contributed by atoms with E-state index in [-0.39, 0.29) is 19.0 Å². The van der Waals surface area contributed by atoms with Crippen LogP contribution in [-0.2, 0) is 22.5 Å². The third-order valence-corrected chi connectivity index (χ3v) is 4.18. The van der Waals surface area contributed by atoms with Crippen LogP contribution in [0.4, 0.5) is 0 Å².